The number of nitrogens with one attached hydrogen (secondary N) is 2. The molecule has 2 heterocycles. The number of rotatable bonds is 4. The predicted molar refractivity (Wildman–Crippen MR) is 70.6 cm³/mol. The lowest BCUT2D eigenvalue weighted by atomic mass is 10.2. The Morgan fingerprint density at radius 1 is 1.22 bits per heavy atom. The molecule has 0 fully saturated rings. The van der Waals surface area contributed by atoms with Gasteiger partial charge in [0.1, 0.15) is 5.82 Å². The molecule has 92 valence electrons. The van der Waals surface area contributed by atoms with Gasteiger partial charge in [0.05, 0.1) is 11.9 Å². The van der Waals surface area contributed by atoms with Gasteiger partial charge in [-0.3, -0.25) is 9.78 Å². The number of carbonyl (C=O) groups excluding carboxylic acids is 1. The molecule has 2 aromatic heterocycles. The maximum absolute atomic E-state index is 11.8. The first-order valence-corrected chi connectivity index (χ1v) is 5.71. The molecule has 0 saturated heterocycles. The largest absolute Gasteiger partial charge is 0.370 e. The van der Waals surface area contributed by atoms with Gasteiger partial charge in [0, 0.05) is 24.5 Å². The molecule has 0 aromatic carbocycles. The summed E-state index contributed by atoms with van der Waals surface area (Å²) in [6, 6.07) is 6.96. The lowest BCUT2D eigenvalue weighted by Crippen LogP contribution is -2.12. The monoisotopic (exact) mass is 242 g/mol. The van der Waals surface area contributed by atoms with Gasteiger partial charge in [-0.05, 0) is 31.2 Å². The molecule has 0 aliphatic rings. The van der Waals surface area contributed by atoms with Crippen LogP contribution in [0.3, 0.4) is 0 Å². The zero-order valence-electron chi connectivity index (χ0n) is 10.1. The first-order chi connectivity index (χ1) is 8.79. The normalized spacial score (nSPS) is 9.83. The zero-order valence-corrected chi connectivity index (χ0v) is 10.1. The number of aromatic nitrogens is 2. The second-order valence-corrected chi connectivity index (χ2v) is 3.65. The van der Waals surface area contributed by atoms with E-state index in [1.54, 1.807) is 30.7 Å². The van der Waals surface area contributed by atoms with E-state index in [1.165, 1.54) is 0 Å². The molecule has 5 nitrogen and oxygen atoms in total. The van der Waals surface area contributed by atoms with E-state index in [4.69, 9.17) is 0 Å². The average Bonchev–Trinajstić information content (AvgIpc) is 2.42. The minimum absolute atomic E-state index is 0.171. The van der Waals surface area contributed by atoms with E-state index in [0.717, 1.165) is 12.4 Å². The molecule has 2 rings (SSSR count). The van der Waals surface area contributed by atoms with Crippen molar-refractivity contribution in [2.24, 2.45) is 0 Å². The fourth-order valence-electron chi connectivity index (χ4n) is 1.46. The molecular formula is C13H14N4O. The van der Waals surface area contributed by atoms with E-state index in [2.05, 4.69) is 20.6 Å². The van der Waals surface area contributed by atoms with Crippen molar-refractivity contribution < 1.29 is 4.79 Å². The average molecular weight is 242 g/mol. The molecule has 0 unspecified atom stereocenters. The molecule has 1 amide bonds. The Hall–Kier alpha value is -2.43. The summed E-state index contributed by atoms with van der Waals surface area (Å²) in [5.41, 5.74) is 1.24. The van der Waals surface area contributed by atoms with Crippen molar-refractivity contribution in [2.45, 2.75) is 6.92 Å². The summed E-state index contributed by atoms with van der Waals surface area (Å²) >= 11 is 0. The van der Waals surface area contributed by atoms with Gasteiger partial charge in [0.25, 0.3) is 5.91 Å². The fraction of sp³-hybridized carbons (Fsp3) is 0.154. The molecule has 0 aliphatic heterocycles. The van der Waals surface area contributed by atoms with Gasteiger partial charge in [0.2, 0.25) is 0 Å². The quantitative estimate of drug-likeness (QED) is 0.862. The molecule has 0 aliphatic carbocycles. The van der Waals surface area contributed by atoms with Gasteiger partial charge in [-0.1, -0.05) is 0 Å². The van der Waals surface area contributed by atoms with Gasteiger partial charge in [-0.15, -0.1) is 0 Å². The Kier molecular flexibility index (Phi) is 3.86. The van der Waals surface area contributed by atoms with E-state index >= 15 is 0 Å². The number of carbonyl (C=O) groups is 1. The Morgan fingerprint density at radius 2 is 2.00 bits per heavy atom. The summed E-state index contributed by atoms with van der Waals surface area (Å²) in [4.78, 5) is 19.9. The van der Waals surface area contributed by atoms with Crippen molar-refractivity contribution >= 4 is 17.4 Å². The Balaban J connectivity index is 2.03. The van der Waals surface area contributed by atoms with E-state index in [9.17, 15) is 4.79 Å². The highest BCUT2D eigenvalue weighted by Gasteiger charge is 2.05. The van der Waals surface area contributed by atoms with Crippen LogP contribution >= 0.6 is 0 Å². The number of amides is 1. The summed E-state index contributed by atoms with van der Waals surface area (Å²) in [6.07, 6.45) is 4.79. The molecule has 0 saturated carbocycles. The summed E-state index contributed by atoms with van der Waals surface area (Å²) < 4.78 is 0. The fourth-order valence-corrected chi connectivity index (χ4v) is 1.46. The molecule has 2 aromatic rings. The Morgan fingerprint density at radius 3 is 2.61 bits per heavy atom. The van der Waals surface area contributed by atoms with Gasteiger partial charge in [-0.25, -0.2) is 4.98 Å². The van der Waals surface area contributed by atoms with Crippen LogP contribution in [0.15, 0.2) is 42.9 Å². The maximum atomic E-state index is 11.8. The topological polar surface area (TPSA) is 66.9 Å². The summed E-state index contributed by atoms with van der Waals surface area (Å²) in [5, 5.41) is 5.86. The van der Waals surface area contributed by atoms with E-state index in [1.807, 2.05) is 19.1 Å². The van der Waals surface area contributed by atoms with E-state index in [-0.39, 0.29) is 5.91 Å². The van der Waals surface area contributed by atoms with Crippen LogP contribution in [-0.4, -0.2) is 22.4 Å². The van der Waals surface area contributed by atoms with Crippen LogP contribution in [0.5, 0.6) is 0 Å². The second kappa shape index (κ2) is 5.77. The highest BCUT2D eigenvalue weighted by atomic mass is 16.1. The maximum Gasteiger partial charge on any atom is 0.255 e. The number of anilines is 2. The summed E-state index contributed by atoms with van der Waals surface area (Å²) in [5.74, 6) is 0.620. The first-order valence-electron chi connectivity index (χ1n) is 5.71. The third kappa shape index (κ3) is 3.04. The van der Waals surface area contributed by atoms with Crippen molar-refractivity contribution in [3.05, 3.63) is 48.4 Å². The van der Waals surface area contributed by atoms with Crippen LogP contribution in [0.4, 0.5) is 11.5 Å². The Labute approximate surface area is 105 Å². The van der Waals surface area contributed by atoms with Crippen molar-refractivity contribution in [3.63, 3.8) is 0 Å². The summed E-state index contributed by atoms with van der Waals surface area (Å²) in [7, 11) is 0. The van der Waals surface area contributed by atoms with Crippen molar-refractivity contribution in [1.29, 1.82) is 0 Å². The van der Waals surface area contributed by atoms with Crippen molar-refractivity contribution in [3.8, 4) is 0 Å². The zero-order chi connectivity index (χ0) is 12.8. The first kappa shape index (κ1) is 12.0. The van der Waals surface area contributed by atoms with Crippen LogP contribution in [0.25, 0.3) is 0 Å². The second-order valence-electron chi connectivity index (χ2n) is 3.65. The molecule has 0 radical (unpaired) electrons. The minimum atomic E-state index is -0.171. The number of pyridine rings is 2. The van der Waals surface area contributed by atoms with Crippen LogP contribution in [-0.2, 0) is 0 Å². The third-order valence-corrected chi connectivity index (χ3v) is 2.32. The third-order valence-electron chi connectivity index (χ3n) is 2.32. The van der Waals surface area contributed by atoms with Gasteiger partial charge in [-0.2, -0.15) is 0 Å². The van der Waals surface area contributed by atoms with Crippen LogP contribution < -0.4 is 10.6 Å². The molecule has 0 bridgehead atoms. The lowest BCUT2D eigenvalue weighted by molar-refractivity contribution is 0.102. The number of hydrogen-bond acceptors (Lipinski definition) is 4. The molecule has 5 heteroatoms. The van der Waals surface area contributed by atoms with E-state index in [0.29, 0.717) is 11.3 Å². The standard InChI is InChI=1S/C13H14N4O/c1-2-15-12-4-3-11(9-16-12)17-13(18)10-5-7-14-8-6-10/h3-9H,2H2,1H3,(H,15,16)(H,17,18). The van der Waals surface area contributed by atoms with Crippen molar-refractivity contribution in [1.82, 2.24) is 9.97 Å². The molecule has 18 heavy (non-hydrogen) atoms. The van der Waals surface area contributed by atoms with Crippen LogP contribution in [0.2, 0.25) is 0 Å². The smallest absolute Gasteiger partial charge is 0.255 e. The van der Waals surface area contributed by atoms with Gasteiger partial charge < -0.3 is 10.6 Å². The van der Waals surface area contributed by atoms with Gasteiger partial charge in [0.15, 0.2) is 0 Å². The Bertz CT molecular complexity index is 510. The highest BCUT2D eigenvalue weighted by Crippen LogP contribution is 2.10. The van der Waals surface area contributed by atoms with Crippen LogP contribution in [0.1, 0.15) is 17.3 Å². The lowest BCUT2D eigenvalue weighted by Gasteiger charge is -2.06. The minimum Gasteiger partial charge on any atom is -0.370 e. The van der Waals surface area contributed by atoms with Crippen LogP contribution in [0, 0.1) is 0 Å². The molecular weight excluding hydrogens is 228 g/mol. The molecule has 0 spiro atoms. The predicted octanol–water partition coefficient (Wildman–Crippen LogP) is 2.16. The molecule has 0 atom stereocenters. The highest BCUT2D eigenvalue weighted by molar-refractivity contribution is 6.04. The van der Waals surface area contributed by atoms with Crippen molar-refractivity contribution in [2.75, 3.05) is 17.2 Å². The summed E-state index contributed by atoms with van der Waals surface area (Å²) in [6.45, 7) is 2.82. The molecule has 2 N–H and O–H groups in total. The van der Waals surface area contributed by atoms with Gasteiger partial charge >= 0.3 is 0 Å². The number of nitrogens with zero attached hydrogens (tertiary/aromatic N) is 2. The number of hydrogen-bond donors (Lipinski definition) is 2. The van der Waals surface area contributed by atoms with E-state index < -0.39 is 0 Å². The SMILES string of the molecule is CCNc1ccc(NC(=O)c2ccncc2)cn1.